The molecule has 0 bridgehead atoms. The molecule has 4 nitrogen and oxygen atoms in total. The molecule has 0 unspecified atom stereocenters. The Hall–Kier alpha value is -3.37. The van der Waals surface area contributed by atoms with Crippen molar-refractivity contribution >= 4 is 17.5 Å². The van der Waals surface area contributed by atoms with Crippen LogP contribution in [0.5, 0.6) is 5.75 Å². The molecule has 0 aliphatic heterocycles. The van der Waals surface area contributed by atoms with Crippen LogP contribution in [-0.4, -0.2) is 9.97 Å². The zero-order valence-corrected chi connectivity index (χ0v) is 20.7. The predicted molar refractivity (Wildman–Crippen MR) is 141 cm³/mol. The van der Waals surface area contributed by atoms with Gasteiger partial charge in [0.05, 0.1) is 11.4 Å². The highest BCUT2D eigenvalue weighted by molar-refractivity contribution is 6.31. The fraction of sp³-hybridized carbons (Fsp3) is 0.241. The maximum atomic E-state index is 6.31. The van der Waals surface area contributed by atoms with E-state index in [4.69, 9.17) is 27.1 Å². The minimum absolute atomic E-state index is 0.281. The van der Waals surface area contributed by atoms with Crippen LogP contribution in [0.1, 0.15) is 42.0 Å². The number of rotatable bonds is 8. The highest BCUT2D eigenvalue weighted by Crippen LogP contribution is 2.36. The van der Waals surface area contributed by atoms with Crippen molar-refractivity contribution in [2.24, 2.45) is 0 Å². The summed E-state index contributed by atoms with van der Waals surface area (Å²) >= 11 is 6.31. The van der Waals surface area contributed by atoms with Crippen LogP contribution in [0.3, 0.4) is 0 Å². The third kappa shape index (κ3) is 5.23. The predicted octanol–water partition coefficient (Wildman–Crippen LogP) is 7.58. The molecule has 0 aliphatic rings. The molecule has 0 radical (unpaired) electrons. The van der Waals surface area contributed by atoms with Gasteiger partial charge in [0.1, 0.15) is 12.4 Å². The van der Waals surface area contributed by atoms with Crippen molar-refractivity contribution in [1.29, 1.82) is 0 Å². The molecule has 34 heavy (non-hydrogen) atoms. The summed E-state index contributed by atoms with van der Waals surface area (Å²) in [5, 5.41) is 0.708. The van der Waals surface area contributed by atoms with Gasteiger partial charge in [0.25, 0.3) is 0 Å². The summed E-state index contributed by atoms with van der Waals surface area (Å²) in [5.41, 5.74) is 14.3. The van der Waals surface area contributed by atoms with Gasteiger partial charge in [-0.15, -0.1) is 0 Å². The van der Waals surface area contributed by atoms with Gasteiger partial charge in [-0.25, -0.2) is 9.97 Å². The number of nitrogen functional groups attached to an aromatic ring is 1. The summed E-state index contributed by atoms with van der Waals surface area (Å²) < 4.78 is 6.20. The van der Waals surface area contributed by atoms with Crippen LogP contribution < -0.4 is 10.5 Å². The third-order valence-electron chi connectivity index (χ3n) is 5.92. The highest BCUT2D eigenvalue weighted by Gasteiger charge is 2.18. The van der Waals surface area contributed by atoms with Crippen molar-refractivity contribution in [3.05, 3.63) is 94.0 Å². The molecule has 3 aromatic carbocycles. The molecule has 1 heterocycles. The maximum absolute atomic E-state index is 6.31. The average molecular weight is 472 g/mol. The fourth-order valence-corrected chi connectivity index (χ4v) is 4.44. The molecule has 0 spiro atoms. The number of ether oxygens (including phenoxy) is 1. The van der Waals surface area contributed by atoms with E-state index in [0.717, 1.165) is 69.8 Å². The van der Waals surface area contributed by atoms with E-state index in [2.05, 4.69) is 50.0 Å². The SMILES string of the molecule is CCCCc1c(-c2ccccc2)nc(N)nc1-c1cc(C)c(OCc2ccccc2Cl)c(C)c1. The van der Waals surface area contributed by atoms with Crippen LogP contribution in [0.2, 0.25) is 5.02 Å². The molecule has 0 fully saturated rings. The van der Waals surface area contributed by atoms with E-state index in [9.17, 15) is 0 Å². The molecule has 174 valence electrons. The van der Waals surface area contributed by atoms with Crippen molar-refractivity contribution in [2.75, 3.05) is 5.73 Å². The van der Waals surface area contributed by atoms with Crippen molar-refractivity contribution in [2.45, 2.75) is 46.6 Å². The van der Waals surface area contributed by atoms with Gasteiger partial charge >= 0.3 is 0 Å². The van der Waals surface area contributed by atoms with Crippen LogP contribution in [0, 0.1) is 13.8 Å². The summed E-state index contributed by atoms with van der Waals surface area (Å²) in [5.74, 6) is 1.15. The topological polar surface area (TPSA) is 61.0 Å². The van der Waals surface area contributed by atoms with Crippen LogP contribution in [0.4, 0.5) is 5.95 Å². The number of nitrogens with zero attached hydrogens (tertiary/aromatic N) is 2. The standard InChI is InChI=1S/C29H30ClN3O/c1-4-5-14-24-26(21-11-7-6-8-12-21)32-29(31)33-27(24)23-16-19(2)28(20(3)17-23)34-18-22-13-9-10-15-25(22)30/h6-13,15-17H,4-5,14,18H2,1-3H3,(H2,31,32,33). The lowest BCUT2D eigenvalue weighted by molar-refractivity contribution is 0.302. The zero-order valence-electron chi connectivity index (χ0n) is 19.9. The Morgan fingerprint density at radius 1 is 0.853 bits per heavy atom. The monoisotopic (exact) mass is 471 g/mol. The van der Waals surface area contributed by atoms with Crippen molar-refractivity contribution in [1.82, 2.24) is 9.97 Å². The van der Waals surface area contributed by atoms with Gasteiger partial charge in [-0.3, -0.25) is 0 Å². The Balaban J connectivity index is 1.75. The van der Waals surface area contributed by atoms with E-state index < -0.39 is 0 Å². The smallest absolute Gasteiger partial charge is 0.221 e. The number of halogens is 1. The molecule has 0 saturated carbocycles. The Kier molecular flexibility index (Phi) is 7.49. The number of benzene rings is 3. The molecule has 1 aromatic heterocycles. The Bertz CT molecular complexity index is 1270. The fourth-order valence-electron chi connectivity index (χ4n) is 4.25. The number of aromatic nitrogens is 2. The lowest BCUT2D eigenvalue weighted by Gasteiger charge is -2.18. The normalized spacial score (nSPS) is 10.9. The number of anilines is 1. The number of hydrogen-bond acceptors (Lipinski definition) is 4. The first-order chi connectivity index (χ1) is 16.5. The first kappa shape index (κ1) is 23.8. The second-order valence-electron chi connectivity index (χ2n) is 8.55. The molecule has 2 N–H and O–H groups in total. The van der Waals surface area contributed by atoms with E-state index in [0.29, 0.717) is 11.6 Å². The van der Waals surface area contributed by atoms with Gasteiger partial charge in [0.15, 0.2) is 0 Å². The van der Waals surface area contributed by atoms with Gasteiger partial charge in [0.2, 0.25) is 5.95 Å². The quantitative estimate of drug-likeness (QED) is 0.287. The lowest BCUT2D eigenvalue weighted by atomic mass is 9.94. The number of nitrogens with two attached hydrogens (primary N) is 1. The van der Waals surface area contributed by atoms with E-state index in [1.54, 1.807) is 0 Å². The second-order valence-corrected chi connectivity index (χ2v) is 8.95. The number of unbranched alkanes of at least 4 members (excludes halogenated alkanes) is 1. The van der Waals surface area contributed by atoms with Crippen LogP contribution in [-0.2, 0) is 13.0 Å². The number of aryl methyl sites for hydroxylation is 2. The maximum Gasteiger partial charge on any atom is 0.221 e. The summed E-state index contributed by atoms with van der Waals surface area (Å²) in [6, 6.07) is 22.2. The van der Waals surface area contributed by atoms with Crippen LogP contribution in [0.25, 0.3) is 22.5 Å². The Morgan fingerprint density at radius 2 is 1.47 bits per heavy atom. The van der Waals surface area contributed by atoms with E-state index >= 15 is 0 Å². The van der Waals surface area contributed by atoms with E-state index in [1.807, 2.05) is 42.5 Å². The first-order valence-electron chi connectivity index (χ1n) is 11.7. The Morgan fingerprint density at radius 3 is 2.12 bits per heavy atom. The van der Waals surface area contributed by atoms with Crippen LogP contribution in [0.15, 0.2) is 66.7 Å². The summed E-state index contributed by atoms with van der Waals surface area (Å²) in [6.45, 7) is 6.74. The minimum Gasteiger partial charge on any atom is -0.488 e. The molecule has 0 atom stereocenters. The summed E-state index contributed by atoms with van der Waals surface area (Å²) in [4.78, 5) is 9.35. The van der Waals surface area contributed by atoms with Gasteiger partial charge in [0, 0.05) is 27.3 Å². The molecule has 4 rings (SSSR count). The number of hydrogen-bond donors (Lipinski definition) is 1. The minimum atomic E-state index is 0.281. The molecule has 0 amide bonds. The van der Waals surface area contributed by atoms with E-state index in [-0.39, 0.29) is 5.95 Å². The molecule has 0 saturated heterocycles. The third-order valence-corrected chi connectivity index (χ3v) is 6.28. The average Bonchev–Trinajstić information content (AvgIpc) is 2.83. The largest absolute Gasteiger partial charge is 0.488 e. The van der Waals surface area contributed by atoms with Gasteiger partial charge in [-0.1, -0.05) is 73.5 Å². The van der Waals surface area contributed by atoms with Crippen molar-refractivity contribution in [3.63, 3.8) is 0 Å². The molecule has 4 aromatic rings. The first-order valence-corrected chi connectivity index (χ1v) is 12.0. The molecular formula is C29H30ClN3O. The molecule has 0 aliphatic carbocycles. The molecule has 5 heteroatoms. The van der Waals surface area contributed by atoms with Gasteiger partial charge < -0.3 is 10.5 Å². The Labute approximate surface area is 206 Å². The summed E-state index contributed by atoms with van der Waals surface area (Å²) in [6.07, 6.45) is 3.03. The lowest BCUT2D eigenvalue weighted by Crippen LogP contribution is -2.06. The second kappa shape index (κ2) is 10.7. The zero-order chi connectivity index (χ0) is 24.1. The van der Waals surface area contributed by atoms with Crippen LogP contribution >= 0.6 is 11.6 Å². The summed E-state index contributed by atoms with van der Waals surface area (Å²) in [7, 11) is 0. The molecular weight excluding hydrogens is 442 g/mol. The highest BCUT2D eigenvalue weighted by atomic mass is 35.5. The van der Waals surface area contributed by atoms with Gasteiger partial charge in [-0.2, -0.15) is 0 Å². The van der Waals surface area contributed by atoms with Crippen molar-refractivity contribution < 1.29 is 4.74 Å². The van der Waals surface area contributed by atoms with Gasteiger partial charge in [-0.05, 0) is 56.0 Å². The van der Waals surface area contributed by atoms with E-state index in [1.165, 1.54) is 0 Å². The van der Waals surface area contributed by atoms with Crippen molar-refractivity contribution in [3.8, 4) is 28.3 Å².